The lowest BCUT2D eigenvalue weighted by Crippen LogP contribution is -2.40. The van der Waals surface area contributed by atoms with Gasteiger partial charge >= 0.3 is 0 Å². The van der Waals surface area contributed by atoms with Crippen LogP contribution in [0.5, 0.6) is 5.75 Å². The van der Waals surface area contributed by atoms with E-state index in [9.17, 15) is 9.18 Å². The third kappa shape index (κ3) is 3.86. The van der Waals surface area contributed by atoms with Gasteiger partial charge in [-0.05, 0) is 50.7 Å². The van der Waals surface area contributed by atoms with Crippen molar-refractivity contribution >= 4 is 34.8 Å². The molecule has 0 unspecified atom stereocenters. The molecule has 1 fully saturated rings. The topological polar surface area (TPSA) is 80.2 Å². The molecule has 0 aliphatic carbocycles. The van der Waals surface area contributed by atoms with Gasteiger partial charge in [-0.2, -0.15) is 0 Å². The molecule has 1 N–H and O–H groups in total. The van der Waals surface area contributed by atoms with Crippen LogP contribution in [0.2, 0.25) is 5.02 Å². The molecule has 1 aliphatic heterocycles. The standard InChI is InChI=1S/C20H19ClFN5O2/c1-27-9-3-4-12(10-27)24-20-13-5-2-8-23-17(13)18(25-26-20)16-15(22)7-6-14(21)19(16)29-11-28/h2,5-8,11-12H,3-4,9-10H2,1H3,(H,24,26)/t12-/m1/s1. The summed E-state index contributed by atoms with van der Waals surface area (Å²) in [5.41, 5.74) is 0.541. The maximum Gasteiger partial charge on any atom is 0.298 e. The van der Waals surface area contributed by atoms with Gasteiger partial charge in [-0.25, -0.2) is 4.39 Å². The second kappa shape index (κ2) is 8.26. The molecule has 0 saturated carbocycles. The van der Waals surface area contributed by atoms with Crippen molar-refractivity contribution in [3.8, 4) is 17.0 Å². The molecule has 0 amide bonds. The van der Waals surface area contributed by atoms with Crippen LogP contribution < -0.4 is 10.1 Å². The molecule has 9 heteroatoms. The summed E-state index contributed by atoms with van der Waals surface area (Å²) in [6.45, 7) is 2.16. The van der Waals surface area contributed by atoms with E-state index in [2.05, 4.69) is 32.4 Å². The largest absolute Gasteiger partial charge is 0.426 e. The van der Waals surface area contributed by atoms with Gasteiger partial charge in [0.15, 0.2) is 11.6 Å². The first-order valence-corrected chi connectivity index (χ1v) is 9.61. The van der Waals surface area contributed by atoms with Crippen LogP contribution in [-0.4, -0.2) is 52.7 Å². The molecule has 29 heavy (non-hydrogen) atoms. The predicted octanol–water partition coefficient (Wildman–Crippen LogP) is 3.53. The van der Waals surface area contributed by atoms with E-state index in [4.69, 9.17) is 16.3 Å². The number of piperidine rings is 1. The van der Waals surface area contributed by atoms with Crippen LogP contribution in [-0.2, 0) is 4.79 Å². The lowest BCUT2D eigenvalue weighted by Gasteiger charge is -2.30. The van der Waals surface area contributed by atoms with Crippen LogP contribution in [0.15, 0.2) is 30.5 Å². The van der Waals surface area contributed by atoms with Crippen LogP contribution in [0.4, 0.5) is 10.2 Å². The van der Waals surface area contributed by atoms with E-state index < -0.39 is 5.82 Å². The van der Waals surface area contributed by atoms with Crippen molar-refractivity contribution in [2.24, 2.45) is 0 Å². The first-order valence-electron chi connectivity index (χ1n) is 9.23. The number of hydrogen-bond donors (Lipinski definition) is 1. The van der Waals surface area contributed by atoms with E-state index in [0.717, 1.165) is 25.9 Å². The van der Waals surface area contributed by atoms with E-state index in [1.165, 1.54) is 12.1 Å². The fourth-order valence-corrected chi connectivity index (χ4v) is 3.86. The van der Waals surface area contributed by atoms with Gasteiger partial charge < -0.3 is 15.0 Å². The summed E-state index contributed by atoms with van der Waals surface area (Å²) in [6, 6.07) is 6.36. The Labute approximate surface area is 171 Å². The molecule has 0 bridgehead atoms. The highest BCUT2D eigenvalue weighted by Gasteiger charge is 2.24. The highest BCUT2D eigenvalue weighted by atomic mass is 35.5. The summed E-state index contributed by atoms with van der Waals surface area (Å²) in [4.78, 5) is 17.6. The van der Waals surface area contributed by atoms with Crippen LogP contribution in [0.1, 0.15) is 12.8 Å². The highest BCUT2D eigenvalue weighted by Crippen LogP contribution is 2.40. The Bertz CT molecular complexity index is 1060. The minimum Gasteiger partial charge on any atom is -0.426 e. The number of rotatable bonds is 5. The average molecular weight is 416 g/mol. The van der Waals surface area contributed by atoms with Crippen molar-refractivity contribution in [3.05, 3.63) is 41.3 Å². The van der Waals surface area contributed by atoms with Gasteiger partial charge in [0, 0.05) is 24.2 Å². The number of carbonyl (C=O) groups excluding carboxylic acids is 1. The number of ether oxygens (including phenoxy) is 1. The summed E-state index contributed by atoms with van der Waals surface area (Å²) in [5, 5.41) is 12.7. The number of nitrogens with zero attached hydrogens (tertiary/aromatic N) is 4. The number of hydrogen-bond acceptors (Lipinski definition) is 7. The molecular formula is C20H19ClFN5O2. The molecule has 0 radical (unpaired) electrons. The van der Waals surface area contributed by atoms with Gasteiger partial charge in [-0.3, -0.25) is 9.78 Å². The average Bonchev–Trinajstić information content (AvgIpc) is 2.72. The number of pyridine rings is 1. The number of nitrogens with one attached hydrogen (secondary N) is 1. The second-order valence-electron chi connectivity index (χ2n) is 6.99. The molecule has 0 spiro atoms. The minimum atomic E-state index is -0.637. The number of fused-ring (bicyclic) bond motifs is 1. The summed E-state index contributed by atoms with van der Waals surface area (Å²) in [6.07, 6.45) is 3.71. The second-order valence-corrected chi connectivity index (χ2v) is 7.40. The smallest absolute Gasteiger partial charge is 0.298 e. The molecule has 1 aromatic carbocycles. The summed E-state index contributed by atoms with van der Waals surface area (Å²) in [5.74, 6) is -0.169. The van der Waals surface area contributed by atoms with Crippen LogP contribution in [0.3, 0.4) is 0 Å². The van der Waals surface area contributed by atoms with Crippen molar-refractivity contribution in [2.45, 2.75) is 18.9 Å². The molecule has 1 saturated heterocycles. The third-order valence-corrected chi connectivity index (χ3v) is 5.26. The Balaban J connectivity index is 1.83. The van der Waals surface area contributed by atoms with E-state index in [-0.39, 0.29) is 34.5 Å². The number of anilines is 1. The van der Waals surface area contributed by atoms with E-state index >= 15 is 0 Å². The molecule has 3 heterocycles. The molecular weight excluding hydrogens is 397 g/mol. The molecule has 150 valence electrons. The Kier molecular flexibility index (Phi) is 5.55. The third-order valence-electron chi connectivity index (χ3n) is 4.96. The molecule has 4 rings (SSSR count). The predicted molar refractivity (Wildman–Crippen MR) is 109 cm³/mol. The Hall–Kier alpha value is -2.84. The van der Waals surface area contributed by atoms with Gasteiger partial charge in [0.1, 0.15) is 17.0 Å². The van der Waals surface area contributed by atoms with Crippen molar-refractivity contribution in [2.75, 3.05) is 25.5 Å². The van der Waals surface area contributed by atoms with E-state index in [1.54, 1.807) is 12.3 Å². The zero-order valence-electron chi connectivity index (χ0n) is 15.7. The van der Waals surface area contributed by atoms with Gasteiger partial charge in [0.05, 0.1) is 10.6 Å². The van der Waals surface area contributed by atoms with Crippen molar-refractivity contribution in [1.29, 1.82) is 0 Å². The SMILES string of the molecule is CN1CCC[C@@H](Nc2nnc(-c3c(F)ccc(Cl)c3OC=O)c3ncccc23)C1. The Morgan fingerprint density at radius 3 is 3.00 bits per heavy atom. The minimum absolute atomic E-state index is 0.0512. The molecule has 2 aromatic heterocycles. The fraction of sp³-hybridized carbons (Fsp3) is 0.300. The van der Waals surface area contributed by atoms with Crippen LogP contribution >= 0.6 is 11.6 Å². The lowest BCUT2D eigenvalue weighted by molar-refractivity contribution is -0.120. The zero-order chi connectivity index (χ0) is 20.4. The molecule has 7 nitrogen and oxygen atoms in total. The number of carbonyl (C=O) groups is 1. The monoisotopic (exact) mass is 415 g/mol. The zero-order valence-corrected chi connectivity index (χ0v) is 16.5. The summed E-state index contributed by atoms with van der Waals surface area (Å²) in [7, 11) is 2.08. The van der Waals surface area contributed by atoms with E-state index in [1.807, 2.05) is 6.07 Å². The van der Waals surface area contributed by atoms with Crippen LogP contribution in [0, 0.1) is 5.82 Å². The Morgan fingerprint density at radius 1 is 1.34 bits per heavy atom. The fourth-order valence-electron chi connectivity index (χ4n) is 3.66. The normalized spacial score (nSPS) is 17.3. The summed E-state index contributed by atoms with van der Waals surface area (Å²) >= 11 is 6.12. The number of likely N-dealkylation sites (N-methyl/N-ethyl adjacent to an activating group) is 1. The molecule has 1 aliphatic rings. The quantitative estimate of drug-likeness (QED) is 0.638. The van der Waals surface area contributed by atoms with Gasteiger partial charge in [-0.15, -0.1) is 10.2 Å². The van der Waals surface area contributed by atoms with Gasteiger partial charge in [0.2, 0.25) is 0 Å². The van der Waals surface area contributed by atoms with Gasteiger partial charge in [-0.1, -0.05) is 11.6 Å². The maximum atomic E-state index is 14.7. The van der Waals surface area contributed by atoms with Crippen molar-refractivity contribution in [1.82, 2.24) is 20.1 Å². The summed E-state index contributed by atoms with van der Waals surface area (Å²) < 4.78 is 19.7. The first-order chi connectivity index (χ1) is 14.1. The number of likely N-dealkylation sites (tertiary alicyclic amines) is 1. The van der Waals surface area contributed by atoms with Crippen LogP contribution in [0.25, 0.3) is 22.2 Å². The first kappa shape index (κ1) is 19.5. The maximum absolute atomic E-state index is 14.7. The number of benzene rings is 1. The number of aromatic nitrogens is 3. The highest BCUT2D eigenvalue weighted by molar-refractivity contribution is 6.32. The molecule has 1 atom stereocenters. The van der Waals surface area contributed by atoms with Gasteiger partial charge in [0.25, 0.3) is 6.47 Å². The molecule has 3 aromatic rings. The van der Waals surface area contributed by atoms with E-state index in [0.29, 0.717) is 16.7 Å². The lowest BCUT2D eigenvalue weighted by atomic mass is 10.0. The van der Waals surface area contributed by atoms with Crippen molar-refractivity contribution in [3.63, 3.8) is 0 Å². The Morgan fingerprint density at radius 2 is 2.21 bits per heavy atom. The van der Waals surface area contributed by atoms with Crippen molar-refractivity contribution < 1.29 is 13.9 Å². The number of halogens is 2.